The normalized spacial score (nSPS) is 12.9. The third-order valence-electron chi connectivity index (χ3n) is 2.39. The van der Waals surface area contributed by atoms with Crippen LogP contribution in [0.5, 0.6) is 0 Å². The van der Waals surface area contributed by atoms with E-state index in [1.807, 2.05) is 18.3 Å². The molecule has 2 heterocycles. The number of rotatable bonds is 4. The molecule has 2 aromatic rings. The molecule has 80 valence electrons. The molecule has 0 radical (unpaired) electrons. The van der Waals surface area contributed by atoms with Gasteiger partial charge in [-0.1, -0.05) is 6.92 Å². The summed E-state index contributed by atoms with van der Waals surface area (Å²) < 4.78 is 1.73. The first-order chi connectivity index (χ1) is 7.33. The fraction of sp³-hybridized carbons (Fsp3) is 0.400. The highest BCUT2D eigenvalue weighted by molar-refractivity contribution is 5.45. The first-order valence-electron chi connectivity index (χ1n) is 5.10. The number of hydrogen-bond donors (Lipinski definition) is 2. The Labute approximate surface area is 88.3 Å². The molecule has 2 rings (SSSR count). The average molecular weight is 205 g/mol. The molecule has 2 aromatic heterocycles. The van der Waals surface area contributed by atoms with Gasteiger partial charge in [0.25, 0.3) is 0 Å². The molecule has 1 atom stereocenters. The Morgan fingerprint density at radius 3 is 3.13 bits per heavy atom. The number of nitrogens with one attached hydrogen (secondary N) is 1. The van der Waals surface area contributed by atoms with Crippen LogP contribution in [-0.4, -0.2) is 27.2 Å². The molecule has 0 saturated carbocycles. The summed E-state index contributed by atoms with van der Waals surface area (Å²) in [4.78, 5) is 4.40. The van der Waals surface area contributed by atoms with E-state index in [9.17, 15) is 0 Å². The number of fused-ring (bicyclic) bond motifs is 1. The zero-order chi connectivity index (χ0) is 10.7. The Kier molecular flexibility index (Phi) is 2.82. The van der Waals surface area contributed by atoms with Crippen molar-refractivity contribution in [2.75, 3.05) is 11.9 Å². The molecule has 15 heavy (non-hydrogen) atoms. The molecule has 1 unspecified atom stereocenters. The van der Waals surface area contributed by atoms with E-state index in [-0.39, 0.29) is 6.04 Å². The van der Waals surface area contributed by atoms with E-state index in [1.165, 1.54) is 0 Å². The van der Waals surface area contributed by atoms with Gasteiger partial charge < -0.3 is 11.1 Å². The van der Waals surface area contributed by atoms with Crippen molar-refractivity contribution in [1.29, 1.82) is 0 Å². The van der Waals surface area contributed by atoms with E-state index in [1.54, 1.807) is 10.7 Å². The second-order valence-electron chi connectivity index (χ2n) is 3.43. The number of anilines is 1. The maximum atomic E-state index is 5.62. The second-order valence-corrected chi connectivity index (χ2v) is 3.43. The van der Waals surface area contributed by atoms with Crippen LogP contribution in [0.1, 0.15) is 13.3 Å². The predicted octanol–water partition coefficient (Wildman–Crippen LogP) is 0.878. The van der Waals surface area contributed by atoms with Gasteiger partial charge in [0, 0.05) is 24.8 Å². The van der Waals surface area contributed by atoms with Crippen LogP contribution >= 0.6 is 0 Å². The van der Waals surface area contributed by atoms with Crippen LogP contribution in [0, 0.1) is 0 Å². The third kappa shape index (κ3) is 2.07. The van der Waals surface area contributed by atoms with Crippen molar-refractivity contribution < 1.29 is 0 Å². The standard InChI is InChI=1S/C10H15N5/c1-2-8(7-11)13-9-4-6-15-10(14-9)3-5-12-15/h3-6,8H,2,7,11H2,1H3,(H,13,14). The van der Waals surface area contributed by atoms with Crippen LogP contribution in [0.3, 0.4) is 0 Å². The van der Waals surface area contributed by atoms with Crippen LogP contribution < -0.4 is 11.1 Å². The van der Waals surface area contributed by atoms with Crippen molar-refractivity contribution in [3.8, 4) is 0 Å². The van der Waals surface area contributed by atoms with Crippen LogP contribution in [0.25, 0.3) is 5.65 Å². The second kappa shape index (κ2) is 4.27. The number of nitrogens with two attached hydrogens (primary N) is 1. The highest BCUT2D eigenvalue weighted by Crippen LogP contribution is 2.07. The Hall–Kier alpha value is -1.62. The molecule has 5 heteroatoms. The van der Waals surface area contributed by atoms with E-state index in [4.69, 9.17) is 5.73 Å². The zero-order valence-corrected chi connectivity index (χ0v) is 8.72. The van der Waals surface area contributed by atoms with Crippen molar-refractivity contribution >= 4 is 11.5 Å². The van der Waals surface area contributed by atoms with Crippen molar-refractivity contribution in [3.05, 3.63) is 24.5 Å². The van der Waals surface area contributed by atoms with E-state index in [0.29, 0.717) is 6.54 Å². The van der Waals surface area contributed by atoms with Gasteiger partial charge in [0.05, 0.1) is 6.20 Å². The van der Waals surface area contributed by atoms with Gasteiger partial charge in [0.1, 0.15) is 5.82 Å². The smallest absolute Gasteiger partial charge is 0.157 e. The minimum Gasteiger partial charge on any atom is -0.366 e. The average Bonchev–Trinajstić information content (AvgIpc) is 2.73. The molecule has 3 N–H and O–H groups in total. The quantitative estimate of drug-likeness (QED) is 0.777. The number of aromatic nitrogens is 3. The maximum absolute atomic E-state index is 5.62. The molecule has 0 saturated heterocycles. The van der Waals surface area contributed by atoms with Gasteiger partial charge in [0.15, 0.2) is 5.65 Å². The Balaban J connectivity index is 2.20. The molecule has 5 nitrogen and oxygen atoms in total. The van der Waals surface area contributed by atoms with Gasteiger partial charge in [-0.15, -0.1) is 0 Å². The van der Waals surface area contributed by atoms with E-state index in [0.717, 1.165) is 17.9 Å². The van der Waals surface area contributed by atoms with Crippen LogP contribution in [0.15, 0.2) is 24.5 Å². The largest absolute Gasteiger partial charge is 0.366 e. The Morgan fingerprint density at radius 1 is 1.53 bits per heavy atom. The van der Waals surface area contributed by atoms with E-state index < -0.39 is 0 Å². The molecule has 0 amide bonds. The summed E-state index contributed by atoms with van der Waals surface area (Å²) in [5.41, 5.74) is 6.46. The summed E-state index contributed by atoms with van der Waals surface area (Å²) in [6.07, 6.45) is 4.60. The first kappa shape index (κ1) is 9.92. The minimum absolute atomic E-state index is 0.280. The predicted molar refractivity (Wildman–Crippen MR) is 59.7 cm³/mol. The highest BCUT2D eigenvalue weighted by atomic mass is 15.2. The molecule has 0 fully saturated rings. The molecule has 0 spiro atoms. The van der Waals surface area contributed by atoms with Gasteiger partial charge in [-0.2, -0.15) is 5.10 Å². The van der Waals surface area contributed by atoms with Crippen molar-refractivity contribution in [2.45, 2.75) is 19.4 Å². The lowest BCUT2D eigenvalue weighted by Gasteiger charge is -2.14. The summed E-state index contributed by atoms with van der Waals surface area (Å²) in [6, 6.07) is 4.05. The molecule has 0 aromatic carbocycles. The lowest BCUT2D eigenvalue weighted by atomic mass is 10.2. The molecule has 0 bridgehead atoms. The van der Waals surface area contributed by atoms with Gasteiger partial charge in [-0.25, -0.2) is 9.50 Å². The Morgan fingerprint density at radius 2 is 2.40 bits per heavy atom. The maximum Gasteiger partial charge on any atom is 0.157 e. The summed E-state index contributed by atoms with van der Waals surface area (Å²) in [6.45, 7) is 2.71. The third-order valence-corrected chi connectivity index (χ3v) is 2.39. The van der Waals surface area contributed by atoms with Crippen molar-refractivity contribution in [2.24, 2.45) is 5.73 Å². The lowest BCUT2D eigenvalue weighted by Crippen LogP contribution is -2.28. The SMILES string of the molecule is CCC(CN)Nc1ccn2nccc2n1. The van der Waals surface area contributed by atoms with Crippen LogP contribution in [0.2, 0.25) is 0 Å². The van der Waals surface area contributed by atoms with E-state index >= 15 is 0 Å². The zero-order valence-electron chi connectivity index (χ0n) is 8.72. The summed E-state index contributed by atoms with van der Waals surface area (Å²) >= 11 is 0. The minimum atomic E-state index is 0.280. The van der Waals surface area contributed by atoms with Crippen LogP contribution in [-0.2, 0) is 0 Å². The molecule has 0 aliphatic carbocycles. The molecular formula is C10H15N5. The summed E-state index contributed by atoms with van der Waals surface area (Å²) in [5.74, 6) is 0.848. The topological polar surface area (TPSA) is 68.2 Å². The van der Waals surface area contributed by atoms with Crippen LogP contribution in [0.4, 0.5) is 5.82 Å². The number of hydrogen-bond acceptors (Lipinski definition) is 4. The van der Waals surface area contributed by atoms with E-state index in [2.05, 4.69) is 22.3 Å². The van der Waals surface area contributed by atoms with Gasteiger partial charge in [0.2, 0.25) is 0 Å². The highest BCUT2D eigenvalue weighted by Gasteiger charge is 2.04. The fourth-order valence-electron chi connectivity index (χ4n) is 1.43. The van der Waals surface area contributed by atoms with Gasteiger partial charge in [-0.3, -0.25) is 0 Å². The molecule has 0 aliphatic rings. The summed E-state index contributed by atoms with van der Waals surface area (Å²) in [7, 11) is 0. The van der Waals surface area contributed by atoms with Gasteiger partial charge in [-0.05, 0) is 12.5 Å². The van der Waals surface area contributed by atoms with Crippen molar-refractivity contribution in [3.63, 3.8) is 0 Å². The van der Waals surface area contributed by atoms with Gasteiger partial charge >= 0.3 is 0 Å². The molecular weight excluding hydrogens is 190 g/mol. The Bertz CT molecular complexity index is 432. The van der Waals surface area contributed by atoms with Crippen molar-refractivity contribution in [1.82, 2.24) is 14.6 Å². The fourth-order valence-corrected chi connectivity index (χ4v) is 1.43. The number of nitrogens with zero attached hydrogens (tertiary/aromatic N) is 3. The molecule has 0 aliphatic heterocycles. The lowest BCUT2D eigenvalue weighted by molar-refractivity contribution is 0.699. The first-order valence-corrected chi connectivity index (χ1v) is 5.10. The summed E-state index contributed by atoms with van der Waals surface area (Å²) in [5, 5.41) is 7.36. The monoisotopic (exact) mass is 205 g/mol.